The number of carbonyl (C=O) groups is 2. The summed E-state index contributed by atoms with van der Waals surface area (Å²) in [4.78, 5) is 30.4. The quantitative estimate of drug-likeness (QED) is 0.880. The van der Waals surface area contributed by atoms with Crippen LogP contribution in [0.3, 0.4) is 0 Å². The first-order valence-electron chi connectivity index (χ1n) is 9.18. The number of likely N-dealkylation sites (tertiary alicyclic amines) is 1. The first kappa shape index (κ1) is 17.5. The average molecular weight is 366 g/mol. The van der Waals surface area contributed by atoms with Gasteiger partial charge in [-0.3, -0.25) is 14.6 Å². The van der Waals surface area contributed by atoms with Crippen LogP contribution >= 0.6 is 0 Å². The number of rotatable bonds is 5. The normalized spacial score (nSPS) is 21.9. The number of carbonyl (C=O) groups excluding carboxylic acids is 1. The van der Waals surface area contributed by atoms with Crippen molar-refractivity contribution in [1.29, 1.82) is 0 Å². The van der Waals surface area contributed by atoms with Crippen LogP contribution in [-0.2, 0) is 4.79 Å². The van der Waals surface area contributed by atoms with Gasteiger partial charge in [-0.2, -0.15) is 0 Å². The topological polar surface area (TPSA) is 79.7 Å². The van der Waals surface area contributed by atoms with Crippen LogP contribution in [0.5, 0.6) is 5.75 Å². The van der Waals surface area contributed by atoms with E-state index in [1.165, 1.54) is 0 Å². The predicted octanol–water partition coefficient (Wildman–Crippen LogP) is 2.94. The highest BCUT2D eigenvalue weighted by Gasteiger charge is 2.46. The Kier molecular flexibility index (Phi) is 4.56. The summed E-state index contributed by atoms with van der Waals surface area (Å²) in [6, 6.07) is 9.38. The molecule has 140 valence electrons. The van der Waals surface area contributed by atoms with E-state index in [1.54, 1.807) is 24.4 Å². The van der Waals surface area contributed by atoms with Crippen molar-refractivity contribution < 1.29 is 19.4 Å². The van der Waals surface area contributed by atoms with Crippen LogP contribution in [0, 0.1) is 17.8 Å². The van der Waals surface area contributed by atoms with Crippen molar-refractivity contribution in [3.8, 4) is 16.9 Å². The van der Waals surface area contributed by atoms with E-state index in [-0.39, 0.29) is 18.4 Å². The van der Waals surface area contributed by atoms with E-state index in [1.807, 2.05) is 30.3 Å². The van der Waals surface area contributed by atoms with Gasteiger partial charge >= 0.3 is 5.97 Å². The second-order valence-corrected chi connectivity index (χ2v) is 7.35. The zero-order chi connectivity index (χ0) is 19.0. The van der Waals surface area contributed by atoms with Crippen LogP contribution in [0.15, 0.2) is 42.7 Å². The summed E-state index contributed by atoms with van der Waals surface area (Å²) in [5.41, 5.74) is 2.28. The van der Waals surface area contributed by atoms with Gasteiger partial charge in [0.15, 0.2) is 0 Å². The lowest BCUT2D eigenvalue weighted by Crippen LogP contribution is -2.30. The van der Waals surface area contributed by atoms with Gasteiger partial charge < -0.3 is 14.7 Å². The van der Waals surface area contributed by atoms with E-state index in [0.29, 0.717) is 18.0 Å². The third-order valence-corrected chi connectivity index (χ3v) is 5.61. The summed E-state index contributed by atoms with van der Waals surface area (Å²) in [6.07, 6.45) is 5.42. The molecule has 1 aliphatic heterocycles. The van der Waals surface area contributed by atoms with E-state index in [2.05, 4.69) is 4.98 Å². The van der Waals surface area contributed by atoms with Crippen molar-refractivity contribution in [2.75, 3.05) is 20.2 Å². The highest BCUT2D eigenvalue weighted by atomic mass is 16.5. The second kappa shape index (κ2) is 7.02. The van der Waals surface area contributed by atoms with Crippen molar-refractivity contribution in [3.63, 3.8) is 0 Å². The fraction of sp³-hybridized carbons (Fsp3) is 0.381. The predicted molar refractivity (Wildman–Crippen MR) is 99.5 cm³/mol. The van der Waals surface area contributed by atoms with E-state index in [0.717, 1.165) is 29.7 Å². The SMILES string of the molecule is COc1ccc(-c2cncc(C(=O)N3C[C@H](C(=O)O)[C@@H](C4CC4)C3)c2)cc1. The molecule has 0 spiro atoms. The summed E-state index contributed by atoms with van der Waals surface area (Å²) in [7, 11) is 1.62. The number of carboxylic acid groups (broad SMARTS) is 1. The maximum absolute atomic E-state index is 13.0. The third kappa shape index (κ3) is 3.52. The lowest BCUT2D eigenvalue weighted by atomic mass is 9.92. The number of carboxylic acids is 1. The van der Waals surface area contributed by atoms with Crippen molar-refractivity contribution >= 4 is 11.9 Å². The molecule has 2 aliphatic rings. The zero-order valence-corrected chi connectivity index (χ0v) is 15.2. The van der Waals surface area contributed by atoms with Gasteiger partial charge in [0.05, 0.1) is 18.6 Å². The standard InChI is InChI=1S/C21H22N2O4/c1-27-17-6-4-13(5-7-17)15-8-16(10-22-9-15)20(24)23-11-18(14-2-3-14)19(12-23)21(25)26/h4-10,14,18-19H,2-3,11-12H2,1H3,(H,25,26)/t18-,19+/m1/s1. The Labute approximate surface area is 157 Å². The minimum absolute atomic E-state index is 0.0733. The number of nitrogens with zero attached hydrogens (tertiary/aromatic N) is 2. The highest BCUT2D eigenvalue weighted by Crippen LogP contribution is 2.44. The highest BCUT2D eigenvalue weighted by molar-refractivity contribution is 5.95. The molecule has 1 amide bonds. The summed E-state index contributed by atoms with van der Waals surface area (Å²) < 4.78 is 5.17. The number of methoxy groups -OCH3 is 1. The van der Waals surface area contributed by atoms with Gasteiger partial charge in [0.1, 0.15) is 5.75 Å². The van der Waals surface area contributed by atoms with Crippen LogP contribution in [0.1, 0.15) is 23.2 Å². The summed E-state index contributed by atoms with van der Waals surface area (Å²) in [5.74, 6) is -0.113. The maximum Gasteiger partial charge on any atom is 0.308 e. The number of benzene rings is 1. The van der Waals surface area contributed by atoms with E-state index in [4.69, 9.17) is 4.74 Å². The first-order valence-corrected chi connectivity index (χ1v) is 9.18. The van der Waals surface area contributed by atoms with Gasteiger partial charge in [0.2, 0.25) is 0 Å². The molecule has 2 aromatic rings. The Balaban J connectivity index is 1.54. The Morgan fingerprint density at radius 2 is 1.85 bits per heavy atom. The van der Waals surface area contributed by atoms with Gasteiger partial charge in [0, 0.05) is 31.0 Å². The van der Waals surface area contributed by atoms with E-state index < -0.39 is 11.9 Å². The third-order valence-electron chi connectivity index (χ3n) is 5.61. The average Bonchev–Trinajstić information content (AvgIpc) is 3.45. The summed E-state index contributed by atoms with van der Waals surface area (Å²) in [6.45, 7) is 0.801. The van der Waals surface area contributed by atoms with Gasteiger partial charge in [-0.05, 0) is 48.4 Å². The molecule has 0 unspecified atom stereocenters. The van der Waals surface area contributed by atoms with E-state index >= 15 is 0 Å². The molecule has 4 rings (SSSR count). The van der Waals surface area contributed by atoms with Crippen molar-refractivity contribution in [2.24, 2.45) is 17.8 Å². The molecule has 6 heteroatoms. The molecule has 2 heterocycles. The summed E-state index contributed by atoms with van der Waals surface area (Å²) >= 11 is 0. The Bertz CT molecular complexity index is 861. The minimum Gasteiger partial charge on any atom is -0.497 e. The number of aromatic nitrogens is 1. The smallest absolute Gasteiger partial charge is 0.308 e. The molecule has 1 aromatic heterocycles. The molecule has 0 bridgehead atoms. The Morgan fingerprint density at radius 3 is 2.48 bits per heavy atom. The fourth-order valence-electron chi connectivity index (χ4n) is 3.94. The molecular weight excluding hydrogens is 344 g/mol. The zero-order valence-electron chi connectivity index (χ0n) is 15.2. The monoisotopic (exact) mass is 366 g/mol. The minimum atomic E-state index is -0.799. The number of pyridine rings is 1. The molecule has 27 heavy (non-hydrogen) atoms. The van der Waals surface area contributed by atoms with Gasteiger partial charge in [0.25, 0.3) is 5.91 Å². The maximum atomic E-state index is 13.0. The van der Waals surface area contributed by atoms with Crippen LogP contribution in [-0.4, -0.2) is 47.1 Å². The van der Waals surface area contributed by atoms with Gasteiger partial charge in [-0.1, -0.05) is 12.1 Å². The van der Waals surface area contributed by atoms with Crippen LogP contribution in [0.25, 0.3) is 11.1 Å². The molecule has 1 aromatic carbocycles. The molecule has 0 radical (unpaired) electrons. The Hall–Kier alpha value is -2.89. The van der Waals surface area contributed by atoms with Crippen molar-refractivity contribution in [1.82, 2.24) is 9.88 Å². The lowest BCUT2D eigenvalue weighted by Gasteiger charge is -2.16. The number of hydrogen-bond acceptors (Lipinski definition) is 4. The molecule has 2 fully saturated rings. The molecule has 1 saturated heterocycles. The molecule has 2 atom stereocenters. The lowest BCUT2D eigenvalue weighted by molar-refractivity contribution is -0.142. The fourth-order valence-corrected chi connectivity index (χ4v) is 3.94. The van der Waals surface area contributed by atoms with Crippen LogP contribution in [0.2, 0.25) is 0 Å². The van der Waals surface area contributed by atoms with Gasteiger partial charge in [-0.25, -0.2) is 0 Å². The van der Waals surface area contributed by atoms with Gasteiger partial charge in [-0.15, -0.1) is 0 Å². The molecular formula is C21H22N2O4. The van der Waals surface area contributed by atoms with E-state index in [9.17, 15) is 14.7 Å². The molecule has 1 aliphatic carbocycles. The number of amides is 1. The second-order valence-electron chi connectivity index (χ2n) is 7.35. The van der Waals surface area contributed by atoms with Crippen LogP contribution in [0.4, 0.5) is 0 Å². The number of ether oxygens (including phenoxy) is 1. The van der Waals surface area contributed by atoms with Crippen molar-refractivity contribution in [3.05, 3.63) is 48.3 Å². The number of aliphatic carboxylic acids is 1. The molecule has 6 nitrogen and oxygen atoms in total. The Morgan fingerprint density at radius 1 is 1.11 bits per heavy atom. The largest absolute Gasteiger partial charge is 0.497 e. The van der Waals surface area contributed by atoms with Crippen molar-refractivity contribution in [2.45, 2.75) is 12.8 Å². The van der Waals surface area contributed by atoms with Crippen LogP contribution < -0.4 is 4.74 Å². The summed E-state index contributed by atoms with van der Waals surface area (Å²) in [5, 5.41) is 9.51. The first-order chi connectivity index (χ1) is 13.1. The molecule has 1 N–H and O–H groups in total. The molecule has 1 saturated carbocycles. The number of hydrogen-bond donors (Lipinski definition) is 1.